The topological polar surface area (TPSA) is 63.2 Å². The van der Waals surface area contributed by atoms with E-state index in [0.29, 0.717) is 12.0 Å². The molecule has 0 radical (unpaired) electrons. The molecule has 0 aromatic heterocycles. The first-order valence-electron chi connectivity index (χ1n) is 7.06. The average molecular weight is 317 g/mol. The van der Waals surface area contributed by atoms with Crippen molar-refractivity contribution in [3.8, 4) is 11.1 Å². The fraction of sp³-hybridized carbons (Fsp3) is 0.235. The first-order valence-corrected chi connectivity index (χ1v) is 8.95. The number of hydrogen-bond acceptors (Lipinski definition) is 3. The van der Waals surface area contributed by atoms with Crippen LogP contribution in [0.1, 0.15) is 35.3 Å². The molecule has 0 amide bonds. The van der Waals surface area contributed by atoms with Crippen molar-refractivity contribution in [3.05, 3.63) is 59.7 Å². The van der Waals surface area contributed by atoms with E-state index in [2.05, 4.69) is 4.72 Å². The minimum atomic E-state index is -3.25. The maximum Gasteiger partial charge on any atom is 0.209 e. The third kappa shape index (κ3) is 4.02. The lowest BCUT2D eigenvalue weighted by atomic mass is 9.97. The smallest absolute Gasteiger partial charge is 0.209 e. The van der Waals surface area contributed by atoms with Crippen LogP contribution in [-0.2, 0) is 10.0 Å². The maximum atomic E-state index is 11.4. The SMILES string of the molecule is CCC(NS(C)(=O)=O)c1ccc(-c2ccccc2C=O)cc1. The van der Waals surface area contributed by atoms with Crippen LogP contribution in [0.5, 0.6) is 0 Å². The summed E-state index contributed by atoms with van der Waals surface area (Å²) in [6.45, 7) is 1.93. The number of benzene rings is 2. The van der Waals surface area contributed by atoms with Crippen molar-refractivity contribution in [2.24, 2.45) is 0 Å². The van der Waals surface area contributed by atoms with Crippen molar-refractivity contribution in [1.29, 1.82) is 0 Å². The molecule has 0 saturated carbocycles. The van der Waals surface area contributed by atoms with Gasteiger partial charge in [0.05, 0.1) is 6.26 Å². The van der Waals surface area contributed by atoms with Gasteiger partial charge < -0.3 is 0 Å². The number of carbonyl (C=O) groups excluding carboxylic acids is 1. The van der Waals surface area contributed by atoms with Gasteiger partial charge in [0.25, 0.3) is 0 Å². The number of hydrogen-bond donors (Lipinski definition) is 1. The van der Waals surface area contributed by atoms with Crippen molar-refractivity contribution >= 4 is 16.3 Å². The van der Waals surface area contributed by atoms with Crippen LogP contribution in [0.4, 0.5) is 0 Å². The normalized spacial score (nSPS) is 12.8. The average Bonchev–Trinajstić information content (AvgIpc) is 2.52. The summed E-state index contributed by atoms with van der Waals surface area (Å²) in [5, 5.41) is 0. The van der Waals surface area contributed by atoms with E-state index in [-0.39, 0.29) is 6.04 Å². The van der Waals surface area contributed by atoms with E-state index in [1.807, 2.05) is 49.4 Å². The van der Waals surface area contributed by atoms with Crippen LogP contribution < -0.4 is 4.72 Å². The van der Waals surface area contributed by atoms with Gasteiger partial charge in [-0.25, -0.2) is 13.1 Å². The van der Waals surface area contributed by atoms with Crippen molar-refractivity contribution in [3.63, 3.8) is 0 Å². The molecule has 0 spiro atoms. The van der Waals surface area contributed by atoms with Gasteiger partial charge in [-0.05, 0) is 23.1 Å². The van der Waals surface area contributed by atoms with Crippen LogP contribution in [-0.4, -0.2) is 21.0 Å². The lowest BCUT2D eigenvalue weighted by Gasteiger charge is -2.16. The van der Waals surface area contributed by atoms with E-state index in [0.717, 1.165) is 29.2 Å². The van der Waals surface area contributed by atoms with Gasteiger partial charge in [0.15, 0.2) is 6.29 Å². The number of rotatable bonds is 6. The van der Waals surface area contributed by atoms with Crippen LogP contribution in [0.2, 0.25) is 0 Å². The molecular formula is C17H19NO3S. The summed E-state index contributed by atoms with van der Waals surface area (Å²) in [4.78, 5) is 11.1. The quantitative estimate of drug-likeness (QED) is 0.832. The zero-order valence-corrected chi connectivity index (χ0v) is 13.4. The lowest BCUT2D eigenvalue weighted by Crippen LogP contribution is -2.26. The van der Waals surface area contributed by atoms with Crippen LogP contribution in [0, 0.1) is 0 Å². The third-order valence-corrected chi connectivity index (χ3v) is 4.19. The fourth-order valence-corrected chi connectivity index (χ4v) is 3.22. The Hall–Kier alpha value is -1.98. The Labute approximate surface area is 131 Å². The summed E-state index contributed by atoms with van der Waals surface area (Å²) in [7, 11) is -3.25. The highest BCUT2D eigenvalue weighted by Gasteiger charge is 2.14. The second-order valence-corrected chi connectivity index (χ2v) is 6.96. The molecule has 1 unspecified atom stereocenters. The molecule has 1 N–H and O–H groups in total. The van der Waals surface area contributed by atoms with Gasteiger partial charge in [0.2, 0.25) is 10.0 Å². The second kappa shape index (κ2) is 6.85. The van der Waals surface area contributed by atoms with E-state index < -0.39 is 10.0 Å². The summed E-state index contributed by atoms with van der Waals surface area (Å²) < 4.78 is 25.4. The van der Waals surface area contributed by atoms with Crippen molar-refractivity contribution in [2.45, 2.75) is 19.4 Å². The molecular weight excluding hydrogens is 298 g/mol. The van der Waals surface area contributed by atoms with Crippen molar-refractivity contribution in [1.82, 2.24) is 4.72 Å². The summed E-state index contributed by atoms with van der Waals surface area (Å²) in [6, 6.07) is 14.7. The molecule has 22 heavy (non-hydrogen) atoms. The van der Waals surface area contributed by atoms with Crippen LogP contribution >= 0.6 is 0 Å². The van der Waals surface area contributed by atoms with E-state index in [9.17, 15) is 13.2 Å². The lowest BCUT2D eigenvalue weighted by molar-refractivity contribution is 0.112. The Morgan fingerprint density at radius 1 is 1.09 bits per heavy atom. The van der Waals surface area contributed by atoms with Crippen LogP contribution in [0.15, 0.2) is 48.5 Å². The Kier molecular flexibility index (Phi) is 5.11. The van der Waals surface area contributed by atoms with Gasteiger partial charge in [-0.1, -0.05) is 55.5 Å². The summed E-state index contributed by atoms with van der Waals surface area (Å²) in [6.07, 6.45) is 2.66. The van der Waals surface area contributed by atoms with Crippen molar-refractivity contribution in [2.75, 3.05) is 6.26 Å². The molecule has 2 aromatic rings. The number of carbonyl (C=O) groups is 1. The van der Waals surface area contributed by atoms with E-state index in [1.165, 1.54) is 0 Å². The first-order chi connectivity index (χ1) is 10.4. The largest absolute Gasteiger partial charge is 0.298 e. The highest BCUT2D eigenvalue weighted by Crippen LogP contribution is 2.25. The van der Waals surface area contributed by atoms with Gasteiger partial charge in [-0.3, -0.25) is 4.79 Å². The Bertz CT molecular complexity index is 752. The second-order valence-electron chi connectivity index (χ2n) is 5.18. The summed E-state index contributed by atoms with van der Waals surface area (Å²) in [5.41, 5.74) is 3.34. The van der Waals surface area contributed by atoms with Crippen molar-refractivity contribution < 1.29 is 13.2 Å². The monoisotopic (exact) mass is 317 g/mol. The Morgan fingerprint density at radius 2 is 1.73 bits per heavy atom. The minimum absolute atomic E-state index is 0.245. The van der Waals surface area contributed by atoms with E-state index >= 15 is 0 Å². The molecule has 0 aliphatic carbocycles. The molecule has 0 bridgehead atoms. The van der Waals surface area contributed by atoms with E-state index in [4.69, 9.17) is 0 Å². The molecule has 0 fully saturated rings. The molecule has 0 saturated heterocycles. The fourth-order valence-electron chi connectivity index (χ4n) is 2.40. The standard InChI is InChI=1S/C17H19NO3S/c1-3-17(18-22(2,20)21)14-10-8-13(9-11-14)16-7-5-4-6-15(16)12-19/h4-12,17-18H,3H2,1-2H3. The zero-order chi connectivity index (χ0) is 16.2. The maximum absolute atomic E-state index is 11.4. The van der Waals surface area contributed by atoms with Gasteiger partial charge in [0, 0.05) is 11.6 Å². The molecule has 0 heterocycles. The predicted octanol–water partition coefficient (Wildman–Crippen LogP) is 3.17. The Morgan fingerprint density at radius 3 is 2.27 bits per heavy atom. The first kappa shape index (κ1) is 16.4. The number of nitrogens with one attached hydrogen (secondary N) is 1. The molecule has 5 heteroatoms. The zero-order valence-electron chi connectivity index (χ0n) is 12.6. The molecule has 2 rings (SSSR count). The highest BCUT2D eigenvalue weighted by molar-refractivity contribution is 7.88. The van der Waals surface area contributed by atoms with Crippen LogP contribution in [0.3, 0.4) is 0 Å². The summed E-state index contributed by atoms with van der Waals surface area (Å²) >= 11 is 0. The van der Waals surface area contributed by atoms with Gasteiger partial charge >= 0.3 is 0 Å². The molecule has 2 aromatic carbocycles. The Balaban J connectivity index is 2.32. The van der Waals surface area contributed by atoms with Gasteiger partial charge in [-0.15, -0.1) is 0 Å². The molecule has 116 valence electrons. The number of aldehydes is 1. The molecule has 4 nitrogen and oxygen atoms in total. The van der Waals surface area contributed by atoms with Crippen LogP contribution in [0.25, 0.3) is 11.1 Å². The summed E-state index contributed by atoms with van der Waals surface area (Å²) in [5.74, 6) is 0. The third-order valence-electron chi connectivity index (χ3n) is 3.48. The molecule has 0 aliphatic rings. The highest BCUT2D eigenvalue weighted by atomic mass is 32.2. The molecule has 1 atom stereocenters. The molecule has 0 aliphatic heterocycles. The number of sulfonamides is 1. The van der Waals surface area contributed by atoms with E-state index in [1.54, 1.807) is 6.07 Å². The predicted molar refractivity (Wildman–Crippen MR) is 88.3 cm³/mol. The van der Waals surface area contributed by atoms with Gasteiger partial charge in [-0.2, -0.15) is 0 Å². The van der Waals surface area contributed by atoms with Gasteiger partial charge in [0.1, 0.15) is 0 Å². The minimum Gasteiger partial charge on any atom is -0.298 e.